The third-order valence-electron chi connectivity index (χ3n) is 6.97. The molecule has 6 atom stereocenters. The van der Waals surface area contributed by atoms with E-state index in [4.69, 9.17) is 14.2 Å². The van der Waals surface area contributed by atoms with Crippen LogP contribution in [0.3, 0.4) is 0 Å². The first kappa shape index (κ1) is 27.2. The zero-order valence-electron chi connectivity index (χ0n) is 21.5. The maximum Gasteiger partial charge on any atom is 0.303 e. The topological polar surface area (TPSA) is 118 Å². The Morgan fingerprint density at radius 1 is 1.11 bits per heavy atom. The molecule has 0 aromatic heterocycles. The lowest BCUT2D eigenvalue weighted by atomic mass is 9.90. The molecule has 0 aliphatic carbocycles. The van der Waals surface area contributed by atoms with Crippen molar-refractivity contribution in [3.63, 3.8) is 0 Å². The molecule has 9 nitrogen and oxygen atoms in total. The smallest absolute Gasteiger partial charge is 0.303 e. The fraction of sp³-hybridized carbons (Fsp3) is 0.500. The number of benzene rings is 2. The summed E-state index contributed by atoms with van der Waals surface area (Å²) in [6, 6.07) is 15.0. The van der Waals surface area contributed by atoms with Crippen molar-refractivity contribution in [3.05, 3.63) is 65.2 Å². The van der Waals surface area contributed by atoms with Gasteiger partial charge in [0.2, 0.25) is 0 Å². The number of nitrogens with one attached hydrogen (secondary N) is 1. The summed E-state index contributed by atoms with van der Waals surface area (Å²) in [6.45, 7) is 7.02. The summed E-state index contributed by atoms with van der Waals surface area (Å²) in [5.74, 6) is -0.881. The third kappa shape index (κ3) is 6.94. The predicted octanol–water partition coefficient (Wildman–Crippen LogP) is 2.93. The van der Waals surface area contributed by atoms with Gasteiger partial charge in [0.15, 0.2) is 12.4 Å². The summed E-state index contributed by atoms with van der Waals surface area (Å²) in [7, 11) is 0. The minimum atomic E-state index is -0.897. The molecule has 3 N–H and O–H groups in total. The van der Waals surface area contributed by atoms with Gasteiger partial charge < -0.3 is 29.7 Å². The number of aliphatic hydroxyl groups excluding tert-OH is 2. The monoisotopic (exact) mass is 512 g/mol. The molecule has 2 aliphatic rings. The first-order chi connectivity index (χ1) is 17.7. The maximum atomic E-state index is 12.3. The van der Waals surface area contributed by atoms with Crippen molar-refractivity contribution in [2.24, 2.45) is 5.92 Å². The van der Waals surface area contributed by atoms with Gasteiger partial charge in [0.1, 0.15) is 0 Å². The van der Waals surface area contributed by atoms with E-state index in [2.05, 4.69) is 17.1 Å². The number of anilines is 1. The molecular formula is C28H36N2O7. The van der Waals surface area contributed by atoms with Crippen LogP contribution in [0.15, 0.2) is 48.5 Å². The molecule has 0 spiro atoms. The molecule has 9 heteroatoms. The molecule has 2 aliphatic heterocycles. The highest BCUT2D eigenvalue weighted by Crippen LogP contribution is 2.42. The lowest BCUT2D eigenvalue weighted by molar-refractivity contribution is -0.276. The number of carbonyl (C=O) groups excluding carboxylic acids is 2. The van der Waals surface area contributed by atoms with Crippen molar-refractivity contribution < 1.29 is 34.0 Å². The van der Waals surface area contributed by atoms with Crippen molar-refractivity contribution >= 4 is 17.6 Å². The number of ether oxygens (including phenoxy) is 3. The summed E-state index contributed by atoms with van der Waals surface area (Å²) in [5, 5.41) is 22.2. The fourth-order valence-electron chi connectivity index (χ4n) is 4.83. The Kier molecular flexibility index (Phi) is 8.94. The second kappa shape index (κ2) is 12.1. The predicted molar refractivity (Wildman–Crippen MR) is 136 cm³/mol. The zero-order valence-corrected chi connectivity index (χ0v) is 21.5. The van der Waals surface area contributed by atoms with E-state index in [1.54, 1.807) is 12.1 Å². The van der Waals surface area contributed by atoms with E-state index >= 15 is 0 Å². The summed E-state index contributed by atoms with van der Waals surface area (Å²) < 4.78 is 17.8. The van der Waals surface area contributed by atoms with Gasteiger partial charge in [0.25, 0.3) is 5.91 Å². The molecule has 0 saturated carbocycles. The van der Waals surface area contributed by atoms with Gasteiger partial charge in [0.05, 0.1) is 24.9 Å². The third-order valence-corrected chi connectivity index (χ3v) is 6.97. The van der Waals surface area contributed by atoms with E-state index in [9.17, 15) is 19.8 Å². The fourth-order valence-corrected chi connectivity index (χ4v) is 4.83. The van der Waals surface area contributed by atoms with Gasteiger partial charge in [0, 0.05) is 43.7 Å². The SMILES string of the molecule is CC(=O)O[C@@H](C)C(=O)Nc1ccc([C@H]2O[C@@H](CN3CC[C@H](O)C3)[C@@H](C)[C@@H](c3ccc(CO)cc3)O2)cc1. The largest absolute Gasteiger partial charge is 0.453 e. The average molecular weight is 513 g/mol. The molecule has 2 heterocycles. The van der Waals surface area contributed by atoms with E-state index < -0.39 is 24.3 Å². The Morgan fingerprint density at radius 2 is 1.78 bits per heavy atom. The first-order valence-corrected chi connectivity index (χ1v) is 12.7. The molecule has 1 amide bonds. The molecule has 2 fully saturated rings. The van der Waals surface area contributed by atoms with E-state index in [1.807, 2.05) is 36.4 Å². The molecule has 2 aromatic carbocycles. The highest BCUT2D eigenvalue weighted by molar-refractivity contribution is 5.94. The van der Waals surface area contributed by atoms with Crippen LogP contribution < -0.4 is 5.32 Å². The molecule has 0 bridgehead atoms. The molecule has 2 aromatic rings. The highest BCUT2D eigenvalue weighted by Gasteiger charge is 2.39. The molecule has 2 saturated heterocycles. The number of β-amino-alcohol motifs (C(OH)–C–C–N with tert-alkyl or cyclic N) is 1. The van der Waals surface area contributed by atoms with Gasteiger partial charge in [-0.05, 0) is 36.6 Å². The Labute approximate surface area is 217 Å². The number of nitrogens with zero attached hydrogens (tertiary/aromatic N) is 1. The van der Waals surface area contributed by atoms with Gasteiger partial charge in [-0.25, -0.2) is 0 Å². The van der Waals surface area contributed by atoms with Gasteiger partial charge in [-0.1, -0.05) is 43.3 Å². The minimum absolute atomic E-state index is 0.0183. The van der Waals surface area contributed by atoms with Crippen molar-refractivity contribution in [3.8, 4) is 0 Å². The van der Waals surface area contributed by atoms with Crippen molar-refractivity contribution in [2.45, 2.75) is 64.5 Å². The second-order valence-corrected chi connectivity index (χ2v) is 9.89. The zero-order chi connectivity index (χ0) is 26.5. The number of amides is 1. The van der Waals surface area contributed by atoms with Gasteiger partial charge in [-0.15, -0.1) is 0 Å². The van der Waals surface area contributed by atoms with Crippen LogP contribution in [0.1, 0.15) is 56.3 Å². The first-order valence-electron chi connectivity index (χ1n) is 12.7. The molecule has 4 rings (SSSR count). The van der Waals surface area contributed by atoms with Crippen LogP contribution in [0, 0.1) is 5.92 Å². The Morgan fingerprint density at radius 3 is 2.38 bits per heavy atom. The van der Waals surface area contributed by atoms with Crippen LogP contribution in [-0.2, 0) is 30.4 Å². The quantitative estimate of drug-likeness (QED) is 0.462. The summed E-state index contributed by atoms with van der Waals surface area (Å²) in [6.07, 6.45) is -1.42. The number of likely N-dealkylation sites (tertiary alicyclic amines) is 1. The highest BCUT2D eigenvalue weighted by atomic mass is 16.7. The van der Waals surface area contributed by atoms with Crippen molar-refractivity contribution in [2.75, 3.05) is 25.0 Å². The van der Waals surface area contributed by atoms with Gasteiger partial charge >= 0.3 is 5.97 Å². The average Bonchev–Trinajstić information content (AvgIpc) is 3.29. The minimum Gasteiger partial charge on any atom is -0.453 e. The number of hydrogen-bond acceptors (Lipinski definition) is 8. The van der Waals surface area contributed by atoms with E-state index in [-0.39, 0.29) is 30.8 Å². The molecular weight excluding hydrogens is 476 g/mol. The van der Waals surface area contributed by atoms with E-state index in [1.165, 1.54) is 13.8 Å². The van der Waals surface area contributed by atoms with Crippen LogP contribution in [0.2, 0.25) is 0 Å². The molecule has 0 radical (unpaired) electrons. The molecule has 37 heavy (non-hydrogen) atoms. The lowest BCUT2D eigenvalue weighted by Crippen LogP contribution is -2.44. The lowest BCUT2D eigenvalue weighted by Gasteiger charge is -2.42. The molecule has 200 valence electrons. The van der Waals surface area contributed by atoms with E-state index in [0.717, 1.165) is 29.7 Å². The van der Waals surface area contributed by atoms with Crippen LogP contribution in [0.5, 0.6) is 0 Å². The molecule has 0 unspecified atom stereocenters. The van der Waals surface area contributed by atoms with Gasteiger partial charge in [-0.2, -0.15) is 0 Å². The second-order valence-electron chi connectivity index (χ2n) is 9.89. The summed E-state index contributed by atoms with van der Waals surface area (Å²) in [4.78, 5) is 25.6. The summed E-state index contributed by atoms with van der Waals surface area (Å²) in [5.41, 5.74) is 3.22. The van der Waals surface area contributed by atoms with Crippen LogP contribution in [0.4, 0.5) is 5.69 Å². The number of esters is 1. The number of aliphatic hydroxyl groups is 2. The van der Waals surface area contributed by atoms with Crippen LogP contribution in [0.25, 0.3) is 0 Å². The normalized spacial score (nSPS) is 27.0. The van der Waals surface area contributed by atoms with Crippen molar-refractivity contribution in [1.82, 2.24) is 4.90 Å². The van der Waals surface area contributed by atoms with Gasteiger partial charge in [-0.3, -0.25) is 14.5 Å². The van der Waals surface area contributed by atoms with Crippen LogP contribution >= 0.6 is 0 Å². The Bertz CT molecular complexity index is 1060. The number of hydrogen-bond donors (Lipinski definition) is 3. The standard InChI is InChI=1S/C28H36N2O7/c1-17-25(15-30-13-12-24(33)14-30)36-28(37-26(17)21-6-4-20(16-31)5-7-21)22-8-10-23(11-9-22)29-27(34)18(2)35-19(3)32/h4-11,17-18,24-26,28,31,33H,12-16H2,1-3H3,(H,29,34)/t17-,18+,24+,25+,26+,28+/m1/s1. The number of rotatable bonds is 8. The maximum absolute atomic E-state index is 12.3. The van der Waals surface area contributed by atoms with E-state index in [0.29, 0.717) is 18.8 Å². The van der Waals surface area contributed by atoms with Crippen LogP contribution in [-0.4, -0.2) is 64.9 Å². The Balaban J connectivity index is 1.51. The number of carbonyl (C=O) groups is 2. The summed E-state index contributed by atoms with van der Waals surface area (Å²) >= 11 is 0. The Hall–Kier alpha value is -2.82. The van der Waals surface area contributed by atoms with Crippen molar-refractivity contribution in [1.29, 1.82) is 0 Å².